The zero-order valence-corrected chi connectivity index (χ0v) is 8.04. The molecule has 0 aliphatic carbocycles. The Kier molecular flexibility index (Phi) is 2.60. The van der Waals surface area contributed by atoms with E-state index in [1.165, 1.54) is 0 Å². The molecule has 76 valence electrons. The van der Waals surface area contributed by atoms with Gasteiger partial charge in [-0.15, -0.1) is 0 Å². The lowest BCUT2D eigenvalue weighted by molar-refractivity contribution is 0.215. The van der Waals surface area contributed by atoms with Crippen LogP contribution in [0.3, 0.4) is 0 Å². The number of nitrogen functional groups attached to an aromatic ring is 1. The molecule has 0 spiro atoms. The third-order valence-electron chi connectivity index (χ3n) is 2.15. The number of nitrogens with two attached hydrogens (primary N) is 1. The molecule has 0 radical (unpaired) electrons. The summed E-state index contributed by atoms with van der Waals surface area (Å²) < 4.78 is 0. The molecule has 4 nitrogen and oxygen atoms in total. The van der Waals surface area contributed by atoms with Gasteiger partial charge in [0.1, 0.15) is 6.10 Å². The Bertz CT molecular complexity index is 445. The minimum Gasteiger partial charge on any atom is -0.398 e. The Labute approximate surface area is 87.4 Å². The van der Waals surface area contributed by atoms with Gasteiger partial charge in [0.05, 0.1) is 5.69 Å². The molecular formula is C11H11N3O. The second-order valence-corrected chi connectivity index (χ2v) is 3.16. The van der Waals surface area contributed by atoms with Gasteiger partial charge in [-0.2, -0.15) is 0 Å². The Morgan fingerprint density at radius 3 is 2.73 bits per heavy atom. The Morgan fingerprint density at radius 1 is 1.20 bits per heavy atom. The number of hydrogen-bond acceptors (Lipinski definition) is 4. The fourth-order valence-electron chi connectivity index (χ4n) is 1.34. The van der Waals surface area contributed by atoms with Crippen LogP contribution in [0.5, 0.6) is 0 Å². The van der Waals surface area contributed by atoms with Crippen LogP contribution in [-0.4, -0.2) is 15.1 Å². The van der Waals surface area contributed by atoms with Crippen LogP contribution in [0, 0.1) is 0 Å². The summed E-state index contributed by atoms with van der Waals surface area (Å²) in [7, 11) is 0. The average molecular weight is 201 g/mol. The van der Waals surface area contributed by atoms with Gasteiger partial charge in [0.25, 0.3) is 0 Å². The molecule has 0 saturated heterocycles. The number of pyridine rings is 2. The number of hydrogen-bond donors (Lipinski definition) is 2. The summed E-state index contributed by atoms with van der Waals surface area (Å²) in [5.74, 6) is 0. The molecule has 2 aromatic rings. The first-order chi connectivity index (χ1) is 7.29. The van der Waals surface area contributed by atoms with E-state index < -0.39 is 6.10 Å². The van der Waals surface area contributed by atoms with E-state index >= 15 is 0 Å². The van der Waals surface area contributed by atoms with Crippen LogP contribution in [0.15, 0.2) is 42.9 Å². The van der Waals surface area contributed by atoms with Gasteiger partial charge in [-0.25, -0.2) is 0 Å². The number of rotatable bonds is 2. The van der Waals surface area contributed by atoms with Crippen LogP contribution in [0.2, 0.25) is 0 Å². The summed E-state index contributed by atoms with van der Waals surface area (Å²) in [5, 5.41) is 9.99. The molecule has 0 saturated carbocycles. The fourth-order valence-corrected chi connectivity index (χ4v) is 1.34. The third kappa shape index (κ3) is 1.94. The predicted octanol–water partition coefficient (Wildman–Crippen LogP) is 1.14. The maximum absolute atomic E-state index is 9.99. The van der Waals surface area contributed by atoms with E-state index in [0.717, 1.165) is 0 Å². The largest absolute Gasteiger partial charge is 0.398 e. The molecule has 2 heterocycles. The van der Waals surface area contributed by atoms with E-state index in [1.54, 1.807) is 36.8 Å². The van der Waals surface area contributed by atoms with Crippen molar-refractivity contribution in [2.75, 3.05) is 5.73 Å². The molecule has 0 fully saturated rings. The van der Waals surface area contributed by atoms with E-state index in [0.29, 0.717) is 16.9 Å². The van der Waals surface area contributed by atoms with Gasteiger partial charge in [-0.1, -0.05) is 6.07 Å². The lowest BCUT2D eigenvalue weighted by atomic mass is 10.1. The summed E-state index contributed by atoms with van der Waals surface area (Å²) in [6.07, 6.45) is 3.95. The van der Waals surface area contributed by atoms with Crippen molar-refractivity contribution in [2.45, 2.75) is 6.10 Å². The summed E-state index contributed by atoms with van der Waals surface area (Å²) in [5.41, 5.74) is 7.39. The number of aromatic nitrogens is 2. The van der Waals surface area contributed by atoms with Crippen molar-refractivity contribution in [1.82, 2.24) is 9.97 Å². The Morgan fingerprint density at radius 2 is 2.07 bits per heavy atom. The lowest BCUT2D eigenvalue weighted by Crippen LogP contribution is -2.05. The first-order valence-corrected chi connectivity index (χ1v) is 4.57. The molecule has 15 heavy (non-hydrogen) atoms. The van der Waals surface area contributed by atoms with Crippen LogP contribution < -0.4 is 5.73 Å². The molecule has 0 aliphatic rings. The number of aliphatic hydroxyl groups excluding tert-OH is 1. The van der Waals surface area contributed by atoms with Gasteiger partial charge in [0.2, 0.25) is 0 Å². The molecule has 0 bridgehead atoms. The van der Waals surface area contributed by atoms with Gasteiger partial charge >= 0.3 is 0 Å². The first kappa shape index (κ1) is 9.61. The fraction of sp³-hybridized carbons (Fsp3) is 0.0909. The van der Waals surface area contributed by atoms with Crippen LogP contribution >= 0.6 is 0 Å². The van der Waals surface area contributed by atoms with Crippen LogP contribution in [0.4, 0.5) is 5.69 Å². The quantitative estimate of drug-likeness (QED) is 0.764. The minimum absolute atomic E-state index is 0.517. The smallest absolute Gasteiger partial charge is 0.124 e. The summed E-state index contributed by atoms with van der Waals surface area (Å²) >= 11 is 0. The molecule has 3 N–H and O–H groups in total. The molecule has 4 heteroatoms. The SMILES string of the molecule is Nc1ccncc1C(O)c1ccccn1. The van der Waals surface area contributed by atoms with Crippen molar-refractivity contribution in [3.8, 4) is 0 Å². The maximum Gasteiger partial charge on any atom is 0.124 e. The van der Waals surface area contributed by atoms with Crippen molar-refractivity contribution in [3.05, 3.63) is 54.1 Å². The van der Waals surface area contributed by atoms with Gasteiger partial charge in [0, 0.05) is 29.8 Å². The van der Waals surface area contributed by atoms with Crippen molar-refractivity contribution >= 4 is 5.69 Å². The maximum atomic E-state index is 9.99. The molecule has 1 unspecified atom stereocenters. The van der Waals surface area contributed by atoms with E-state index in [1.807, 2.05) is 6.07 Å². The second kappa shape index (κ2) is 4.06. The van der Waals surface area contributed by atoms with Gasteiger partial charge in [-0.3, -0.25) is 9.97 Å². The monoisotopic (exact) mass is 201 g/mol. The first-order valence-electron chi connectivity index (χ1n) is 4.57. The van der Waals surface area contributed by atoms with E-state index in [2.05, 4.69) is 9.97 Å². The Balaban J connectivity index is 2.37. The van der Waals surface area contributed by atoms with E-state index in [4.69, 9.17) is 5.73 Å². The van der Waals surface area contributed by atoms with Gasteiger partial charge < -0.3 is 10.8 Å². The number of anilines is 1. The van der Waals surface area contributed by atoms with Gasteiger partial charge in [-0.05, 0) is 18.2 Å². The molecule has 2 rings (SSSR count). The normalized spacial score (nSPS) is 12.3. The Hall–Kier alpha value is -1.94. The van der Waals surface area contributed by atoms with Gasteiger partial charge in [0.15, 0.2) is 0 Å². The van der Waals surface area contributed by atoms with Crippen molar-refractivity contribution in [2.24, 2.45) is 0 Å². The molecule has 2 aromatic heterocycles. The van der Waals surface area contributed by atoms with E-state index in [-0.39, 0.29) is 0 Å². The van der Waals surface area contributed by atoms with Crippen LogP contribution in [0.1, 0.15) is 17.4 Å². The molecule has 1 atom stereocenters. The highest BCUT2D eigenvalue weighted by Gasteiger charge is 2.13. The number of nitrogens with zero attached hydrogens (tertiary/aromatic N) is 2. The number of aliphatic hydroxyl groups is 1. The molecule has 0 aliphatic heterocycles. The topological polar surface area (TPSA) is 72.0 Å². The molecular weight excluding hydrogens is 190 g/mol. The van der Waals surface area contributed by atoms with Crippen molar-refractivity contribution in [3.63, 3.8) is 0 Å². The third-order valence-corrected chi connectivity index (χ3v) is 2.15. The van der Waals surface area contributed by atoms with Crippen LogP contribution in [-0.2, 0) is 0 Å². The van der Waals surface area contributed by atoms with Crippen molar-refractivity contribution < 1.29 is 5.11 Å². The summed E-state index contributed by atoms with van der Waals surface area (Å²) in [6, 6.07) is 7.01. The second-order valence-electron chi connectivity index (χ2n) is 3.16. The summed E-state index contributed by atoms with van der Waals surface area (Å²) in [6.45, 7) is 0. The zero-order chi connectivity index (χ0) is 10.7. The minimum atomic E-state index is -0.820. The highest BCUT2D eigenvalue weighted by molar-refractivity contribution is 5.47. The molecule has 0 aromatic carbocycles. The molecule has 0 amide bonds. The predicted molar refractivity (Wildman–Crippen MR) is 56.9 cm³/mol. The highest BCUT2D eigenvalue weighted by atomic mass is 16.3. The highest BCUT2D eigenvalue weighted by Crippen LogP contribution is 2.23. The zero-order valence-electron chi connectivity index (χ0n) is 8.04. The standard InChI is InChI=1S/C11H11N3O/c12-9-4-6-13-7-8(9)11(15)10-3-1-2-5-14-10/h1-7,11,15H,(H2,12,13). The van der Waals surface area contributed by atoms with Crippen molar-refractivity contribution in [1.29, 1.82) is 0 Å². The lowest BCUT2D eigenvalue weighted by Gasteiger charge is -2.11. The van der Waals surface area contributed by atoms with E-state index in [9.17, 15) is 5.11 Å². The van der Waals surface area contributed by atoms with Crippen LogP contribution in [0.25, 0.3) is 0 Å². The average Bonchev–Trinajstić information content (AvgIpc) is 2.30. The summed E-state index contributed by atoms with van der Waals surface area (Å²) in [4.78, 5) is 7.99.